The average molecular weight is 392 g/mol. The number of benzene rings is 1. The van der Waals surface area contributed by atoms with E-state index in [1.54, 1.807) is 17.5 Å². The van der Waals surface area contributed by atoms with Gasteiger partial charge >= 0.3 is 0 Å². The standard InChI is InChI=1S/C15H12N4O3S3/c1-9-6-24-15(16-9)25-8-13(20)18-14-17-12(7-23-14)10-2-4-11(5-3-10)19(21)22/h2-7H,8H2,1H3,(H,17,18,20). The van der Waals surface area contributed by atoms with E-state index in [1.807, 2.05) is 12.3 Å². The van der Waals surface area contributed by atoms with Crippen LogP contribution in [0.2, 0.25) is 0 Å². The first kappa shape index (κ1) is 17.5. The van der Waals surface area contributed by atoms with Crippen molar-refractivity contribution in [3.8, 4) is 11.3 Å². The van der Waals surface area contributed by atoms with Crippen molar-refractivity contribution in [2.24, 2.45) is 0 Å². The highest BCUT2D eigenvalue weighted by Crippen LogP contribution is 2.27. The van der Waals surface area contributed by atoms with Crippen molar-refractivity contribution in [2.45, 2.75) is 11.3 Å². The van der Waals surface area contributed by atoms with E-state index in [-0.39, 0.29) is 17.3 Å². The van der Waals surface area contributed by atoms with Crippen LogP contribution in [0.25, 0.3) is 11.3 Å². The maximum atomic E-state index is 12.0. The van der Waals surface area contributed by atoms with E-state index in [0.717, 1.165) is 15.6 Å². The molecule has 0 radical (unpaired) electrons. The van der Waals surface area contributed by atoms with Crippen LogP contribution in [0.5, 0.6) is 0 Å². The Morgan fingerprint density at radius 3 is 2.64 bits per heavy atom. The molecule has 128 valence electrons. The van der Waals surface area contributed by atoms with Crippen LogP contribution in [0.15, 0.2) is 39.4 Å². The highest BCUT2D eigenvalue weighted by atomic mass is 32.2. The smallest absolute Gasteiger partial charge is 0.269 e. The Labute approximate surface area is 155 Å². The van der Waals surface area contributed by atoms with Crippen LogP contribution in [0.3, 0.4) is 0 Å². The highest BCUT2D eigenvalue weighted by molar-refractivity contribution is 8.01. The van der Waals surface area contributed by atoms with Crippen LogP contribution < -0.4 is 5.32 Å². The molecule has 3 rings (SSSR count). The monoisotopic (exact) mass is 392 g/mol. The lowest BCUT2D eigenvalue weighted by molar-refractivity contribution is -0.384. The number of amides is 1. The van der Waals surface area contributed by atoms with Gasteiger partial charge in [-0.05, 0) is 19.1 Å². The van der Waals surface area contributed by atoms with E-state index >= 15 is 0 Å². The van der Waals surface area contributed by atoms with Crippen molar-refractivity contribution in [2.75, 3.05) is 11.1 Å². The molecule has 10 heteroatoms. The molecule has 0 atom stereocenters. The minimum absolute atomic E-state index is 0.0296. The zero-order chi connectivity index (χ0) is 17.8. The first-order chi connectivity index (χ1) is 12.0. The molecule has 1 aromatic carbocycles. The summed E-state index contributed by atoms with van der Waals surface area (Å²) < 4.78 is 0.860. The molecule has 0 aliphatic carbocycles. The SMILES string of the molecule is Cc1csc(SCC(=O)Nc2nc(-c3ccc([N+](=O)[O-])cc3)cs2)n1. The maximum Gasteiger partial charge on any atom is 0.269 e. The molecule has 0 bridgehead atoms. The molecule has 1 amide bonds. The number of anilines is 1. The van der Waals surface area contributed by atoms with Crippen LogP contribution in [0, 0.1) is 17.0 Å². The quantitative estimate of drug-likeness (QED) is 0.383. The number of thiazole rings is 2. The van der Waals surface area contributed by atoms with Gasteiger partial charge in [-0.25, -0.2) is 9.97 Å². The third-order valence-electron chi connectivity index (χ3n) is 3.05. The van der Waals surface area contributed by atoms with Crippen molar-refractivity contribution in [3.63, 3.8) is 0 Å². The normalized spacial score (nSPS) is 10.6. The summed E-state index contributed by atoms with van der Waals surface area (Å²) >= 11 is 4.21. The molecule has 1 N–H and O–H groups in total. The van der Waals surface area contributed by atoms with Gasteiger partial charge in [-0.1, -0.05) is 11.8 Å². The third-order valence-corrected chi connectivity index (χ3v) is 5.95. The van der Waals surface area contributed by atoms with Gasteiger partial charge in [-0.15, -0.1) is 22.7 Å². The molecular weight excluding hydrogens is 380 g/mol. The summed E-state index contributed by atoms with van der Waals surface area (Å²) in [5.41, 5.74) is 2.40. The number of nitrogens with one attached hydrogen (secondary N) is 1. The van der Waals surface area contributed by atoms with Crippen molar-refractivity contribution in [3.05, 3.63) is 50.8 Å². The van der Waals surface area contributed by atoms with Crippen molar-refractivity contribution >= 4 is 51.2 Å². The Kier molecular flexibility index (Phi) is 5.41. The first-order valence-corrected chi connectivity index (χ1v) is 9.81. The molecule has 2 aromatic heterocycles. The molecule has 7 nitrogen and oxygen atoms in total. The number of hydrogen-bond acceptors (Lipinski definition) is 8. The number of nitrogens with zero attached hydrogens (tertiary/aromatic N) is 3. The van der Waals surface area contributed by atoms with Gasteiger partial charge in [0.2, 0.25) is 5.91 Å². The predicted molar refractivity (Wildman–Crippen MR) is 100 cm³/mol. The van der Waals surface area contributed by atoms with Crippen molar-refractivity contribution in [1.29, 1.82) is 0 Å². The van der Waals surface area contributed by atoms with E-state index in [0.29, 0.717) is 10.8 Å². The van der Waals surface area contributed by atoms with E-state index < -0.39 is 4.92 Å². The van der Waals surface area contributed by atoms with Gasteiger partial charge < -0.3 is 5.32 Å². The molecule has 0 saturated heterocycles. The van der Waals surface area contributed by atoms with E-state index in [4.69, 9.17) is 0 Å². The molecular formula is C15H12N4O3S3. The largest absolute Gasteiger partial charge is 0.301 e. The number of nitro groups is 1. The Morgan fingerprint density at radius 1 is 1.24 bits per heavy atom. The second-order valence-electron chi connectivity index (χ2n) is 4.93. The van der Waals surface area contributed by atoms with Crippen LogP contribution in [-0.4, -0.2) is 26.6 Å². The number of carbonyl (C=O) groups is 1. The zero-order valence-electron chi connectivity index (χ0n) is 13.0. The molecule has 0 fully saturated rings. The van der Waals surface area contributed by atoms with Crippen LogP contribution in [0.4, 0.5) is 10.8 Å². The summed E-state index contributed by atoms with van der Waals surface area (Å²) in [4.78, 5) is 30.9. The molecule has 0 aliphatic rings. The number of nitro benzene ring substituents is 1. The summed E-state index contributed by atoms with van der Waals surface area (Å²) in [5.74, 6) is 0.113. The summed E-state index contributed by atoms with van der Waals surface area (Å²) in [6.07, 6.45) is 0. The maximum absolute atomic E-state index is 12.0. The van der Waals surface area contributed by atoms with Crippen LogP contribution in [-0.2, 0) is 4.79 Å². The molecule has 0 spiro atoms. The van der Waals surface area contributed by atoms with Gasteiger partial charge in [0.25, 0.3) is 5.69 Å². The topological polar surface area (TPSA) is 98.0 Å². The summed E-state index contributed by atoms with van der Waals surface area (Å²) in [7, 11) is 0. The van der Waals surface area contributed by atoms with Crippen LogP contribution >= 0.6 is 34.4 Å². The highest BCUT2D eigenvalue weighted by Gasteiger charge is 2.11. The van der Waals surface area contributed by atoms with Gasteiger partial charge in [0, 0.05) is 34.2 Å². The Hall–Kier alpha value is -2.30. The number of hydrogen-bond donors (Lipinski definition) is 1. The summed E-state index contributed by atoms with van der Waals surface area (Å²) in [6.45, 7) is 1.91. The Balaban J connectivity index is 1.59. The minimum atomic E-state index is -0.446. The minimum Gasteiger partial charge on any atom is -0.301 e. The number of rotatable bonds is 6. The number of aromatic nitrogens is 2. The second-order valence-corrected chi connectivity index (χ2v) is 7.87. The fourth-order valence-corrected chi connectivity index (χ4v) is 4.28. The fourth-order valence-electron chi connectivity index (χ4n) is 1.90. The van der Waals surface area contributed by atoms with Crippen molar-refractivity contribution < 1.29 is 9.72 Å². The van der Waals surface area contributed by atoms with Gasteiger partial charge in [-0.2, -0.15) is 0 Å². The van der Waals surface area contributed by atoms with Crippen molar-refractivity contribution in [1.82, 2.24) is 9.97 Å². The number of carbonyl (C=O) groups excluding carboxylic acids is 1. The molecule has 3 aromatic rings. The zero-order valence-corrected chi connectivity index (χ0v) is 15.4. The third kappa shape index (κ3) is 4.62. The Morgan fingerprint density at radius 2 is 2.00 bits per heavy atom. The molecule has 2 heterocycles. The number of thioether (sulfide) groups is 1. The predicted octanol–water partition coefficient (Wildman–Crippen LogP) is 4.21. The van der Waals surface area contributed by atoms with Gasteiger partial charge in [0.1, 0.15) is 0 Å². The van der Waals surface area contributed by atoms with E-state index in [2.05, 4.69) is 15.3 Å². The fraction of sp³-hybridized carbons (Fsp3) is 0.133. The average Bonchev–Trinajstić information content (AvgIpc) is 3.22. The van der Waals surface area contributed by atoms with E-state index in [9.17, 15) is 14.9 Å². The summed E-state index contributed by atoms with van der Waals surface area (Å²) in [5, 5.41) is 17.7. The molecule has 0 saturated carbocycles. The first-order valence-electron chi connectivity index (χ1n) is 7.06. The molecule has 25 heavy (non-hydrogen) atoms. The number of aryl methyl sites for hydroxylation is 1. The van der Waals surface area contributed by atoms with E-state index in [1.165, 1.54) is 46.6 Å². The lowest BCUT2D eigenvalue weighted by Gasteiger charge is -2.00. The van der Waals surface area contributed by atoms with Gasteiger partial charge in [0.15, 0.2) is 9.47 Å². The van der Waals surface area contributed by atoms with Crippen LogP contribution in [0.1, 0.15) is 5.69 Å². The Bertz CT molecular complexity index is 905. The molecule has 0 unspecified atom stereocenters. The summed E-state index contributed by atoms with van der Waals surface area (Å²) in [6, 6.07) is 6.14. The van der Waals surface area contributed by atoms with Gasteiger partial charge in [0.05, 0.1) is 16.4 Å². The lowest BCUT2D eigenvalue weighted by atomic mass is 10.1. The van der Waals surface area contributed by atoms with Gasteiger partial charge in [-0.3, -0.25) is 14.9 Å². The lowest BCUT2D eigenvalue weighted by Crippen LogP contribution is -2.13. The second kappa shape index (κ2) is 7.72. The number of non-ortho nitro benzene ring substituents is 1. The molecule has 0 aliphatic heterocycles.